The summed E-state index contributed by atoms with van der Waals surface area (Å²) >= 11 is 0. The van der Waals surface area contributed by atoms with E-state index in [1.54, 1.807) is 39.8 Å². The van der Waals surface area contributed by atoms with Crippen molar-refractivity contribution < 1.29 is 62.9 Å². The van der Waals surface area contributed by atoms with E-state index in [-0.39, 0.29) is 62.9 Å². The van der Waals surface area contributed by atoms with Gasteiger partial charge >= 0.3 is 24.7 Å². The number of phenolic OH excluding ortho intramolecular Hbond substituents is 2. The standard InChI is InChI=1S/C48H38F12N2O2/c1-24-14-26(3)41(44(4,5)23-24)40(42(61)37(15-25(2)27-6-10-35(63)11-7-27)29-16-31(45(49,50)51)20-32(17-29)46(52,53)54)43-38(22-39(62-43)28-8-12-36(64)13-9-28)30-18-33(47(55,56)57)21-34(19-30)48(58,59)60/h6-23,41,62-64H,2,61H2,1,3-5H3/b37-15-,42-40-. The lowest BCUT2D eigenvalue weighted by molar-refractivity contribution is -0.144. The summed E-state index contributed by atoms with van der Waals surface area (Å²) < 4.78 is 173. The fourth-order valence-corrected chi connectivity index (χ4v) is 8.08. The second-order valence-corrected chi connectivity index (χ2v) is 16.1. The van der Waals surface area contributed by atoms with Gasteiger partial charge in [0.15, 0.2) is 0 Å². The summed E-state index contributed by atoms with van der Waals surface area (Å²) in [4.78, 5) is 3.08. The quantitative estimate of drug-likeness (QED) is 0.0925. The van der Waals surface area contributed by atoms with Gasteiger partial charge in [-0.3, -0.25) is 0 Å². The first-order valence-electron chi connectivity index (χ1n) is 19.1. The first-order chi connectivity index (χ1) is 29.4. The summed E-state index contributed by atoms with van der Waals surface area (Å²) in [7, 11) is 0. The Morgan fingerprint density at radius 2 is 1.09 bits per heavy atom. The van der Waals surface area contributed by atoms with E-state index in [1.807, 2.05) is 0 Å². The molecule has 336 valence electrons. The van der Waals surface area contributed by atoms with Crippen molar-refractivity contribution in [1.29, 1.82) is 0 Å². The Hall–Kier alpha value is -6.58. The molecule has 5 N–H and O–H groups in total. The van der Waals surface area contributed by atoms with Crippen LogP contribution in [-0.4, -0.2) is 15.2 Å². The third kappa shape index (κ3) is 9.95. The Morgan fingerprint density at radius 1 is 0.641 bits per heavy atom. The molecule has 6 rings (SSSR count). The predicted molar refractivity (Wildman–Crippen MR) is 221 cm³/mol. The van der Waals surface area contributed by atoms with Crippen molar-refractivity contribution in [1.82, 2.24) is 4.98 Å². The Labute approximate surface area is 359 Å². The number of aromatic nitrogens is 1. The zero-order valence-corrected chi connectivity index (χ0v) is 34.2. The van der Waals surface area contributed by atoms with E-state index < -0.39 is 80.7 Å². The Kier molecular flexibility index (Phi) is 12.1. The number of phenols is 2. The summed E-state index contributed by atoms with van der Waals surface area (Å²) in [5.74, 6) is -1.40. The minimum atomic E-state index is -5.32. The number of hydrogen-bond acceptors (Lipinski definition) is 3. The van der Waals surface area contributed by atoms with Crippen molar-refractivity contribution in [2.45, 2.75) is 52.4 Å². The molecule has 0 aliphatic heterocycles. The van der Waals surface area contributed by atoms with E-state index in [0.717, 1.165) is 11.6 Å². The zero-order valence-electron chi connectivity index (χ0n) is 34.2. The van der Waals surface area contributed by atoms with Crippen LogP contribution in [-0.2, 0) is 24.7 Å². The lowest BCUT2D eigenvalue weighted by Gasteiger charge is -2.39. The van der Waals surface area contributed by atoms with E-state index in [0.29, 0.717) is 29.8 Å². The number of benzene rings is 4. The van der Waals surface area contributed by atoms with Crippen molar-refractivity contribution in [3.8, 4) is 33.9 Å². The molecule has 0 spiro atoms. The molecule has 0 saturated heterocycles. The minimum Gasteiger partial charge on any atom is -0.508 e. The van der Waals surface area contributed by atoms with Crippen LogP contribution in [0.25, 0.3) is 39.1 Å². The maximum absolute atomic E-state index is 14.5. The van der Waals surface area contributed by atoms with Crippen LogP contribution in [0.5, 0.6) is 11.5 Å². The summed E-state index contributed by atoms with van der Waals surface area (Å²) in [6.07, 6.45) is -16.6. The van der Waals surface area contributed by atoms with Crippen LogP contribution in [0.4, 0.5) is 52.7 Å². The topological polar surface area (TPSA) is 82.3 Å². The molecule has 5 aromatic rings. The maximum Gasteiger partial charge on any atom is 0.416 e. The van der Waals surface area contributed by atoms with Crippen LogP contribution in [0.3, 0.4) is 0 Å². The van der Waals surface area contributed by atoms with E-state index in [1.165, 1.54) is 54.6 Å². The highest BCUT2D eigenvalue weighted by atomic mass is 19.4. The van der Waals surface area contributed by atoms with Gasteiger partial charge in [-0.05, 0) is 132 Å². The van der Waals surface area contributed by atoms with Crippen LogP contribution >= 0.6 is 0 Å². The van der Waals surface area contributed by atoms with Crippen molar-refractivity contribution in [2.24, 2.45) is 17.1 Å². The summed E-state index contributed by atoms with van der Waals surface area (Å²) in [5, 5.41) is 20.0. The number of rotatable bonds is 8. The van der Waals surface area contributed by atoms with Gasteiger partial charge in [0.2, 0.25) is 0 Å². The van der Waals surface area contributed by atoms with Gasteiger partial charge < -0.3 is 20.9 Å². The first kappa shape index (κ1) is 46.9. The molecule has 0 saturated carbocycles. The highest BCUT2D eigenvalue weighted by molar-refractivity contribution is 5.98. The number of halogens is 12. The lowest BCUT2D eigenvalue weighted by Crippen LogP contribution is -2.29. The van der Waals surface area contributed by atoms with Gasteiger partial charge in [-0.1, -0.05) is 55.9 Å². The average molecular weight is 903 g/mol. The van der Waals surface area contributed by atoms with Crippen LogP contribution in [0, 0.1) is 11.3 Å². The van der Waals surface area contributed by atoms with Crippen LogP contribution in [0.1, 0.15) is 66.8 Å². The molecule has 1 heterocycles. The number of aromatic hydroxyl groups is 2. The summed E-state index contributed by atoms with van der Waals surface area (Å²) in [6, 6.07) is 13.5. The first-order valence-corrected chi connectivity index (χ1v) is 19.1. The van der Waals surface area contributed by atoms with E-state index in [4.69, 9.17) is 5.73 Å². The Morgan fingerprint density at radius 3 is 1.55 bits per heavy atom. The smallest absolute Gasteiger partial charge is 0.416 e. The summed E-state index contributed by atoms with van der Waals surface area (Å²) in [5.41, 5.74) is -1.87. The van der Waals surface area contributed by atoms with Crippen LogP contribution in [0.2, 0.25) is 0 Å². The fraction of sp³-hybridized carbons (Fsp3) is 0.208. The number of alkyl halides is 12. The second kappa shape index (κ2) is 16.5. The molecule has 0 bridgehead atoms. The molecule has 16 heteroatoms. The van der Waals surface area contributed by atoms with Gasteiger partial charge in [-0.2, -0.15) is 52.7 Å². The van der Waals surface area contributed by atoms with Gasteiger partial charge in [0, 0.05) is 34.0 Å². The molecule has 1 atom stereocenters. The molecule has 4 nitrogen and oxygen atoms in total. The number of aromatic amines is 1. The summed E-state index contributed by atoms with van der Waals surface area (Å²) in [6.45, 7) is 10.8. The minimum absolute atomic E-state index is 0.0293. The number of nitrogens with one attached hydrogen (secondary N) is 1. The van der Waals surface area contributed by atoms with E-state index >= 15 is 0 Å². The van der Waals surface area contributed by atoms with Gasteiger partial charge in [0.05, 0.1) is 27.9 Å². The normalized spacial score (nSPS) is 16.6. The predicted octanol–water partition coefficient (Wildman–Crippen LogP) is 14.9. The van der Waals surface area contributed by atoms with Crippen molar-refractivity contribution in [3.63, 3.8) is 0 Å². The molecule has 64 heavy (non-hydrogen) atoms. The molecular formula is C48H38F12N2O2. The molecule has 1 unspecified atom stereocenters. The van der Waals surface area contributed by atoms with Crippen LogP contribution < -0.4 is 5.73 Å². The molecule has 1 aromatic heterocycles. The number of allylic oxidation sites excluding steroid dienone is 8. The molecule has 4 aromatic carbocycles. The average Bonchev–Trinajstić information content (AvgIpc) is 3.61. The largest absolute Gasteiger partial charge is 0.508 e. The van der Waals surface area contributed by atoms with Crippen LogP contribution in [0.15, 0.2) is 133 Å². The van der Waals surface area contributed by atoms with Crippen molar-refractivity contribution in [2.75, 3.05) is 0 Å². The molecule has 0 radical (unpaired) electrons. The monoisotopic (exact) mass is 902 g/mol. The highest BCUT2D eigenvalue weighted by Gasteiger charge is 2.42. The number of hydrogen-bond donors (Lipinski definition) is 4. The van der Waals surface area contributed by atoms with Crippen molar-refractivity contribution in [3.05, 3.63) is 172 Å². The fourth-order valence-electron chi connectivity index (χ4n) is 8.08. The van der Waals surface area contributed by atoms with Gasteiger partial charge in [0.1, 0.15) is 11.5 Å². The molecule has 0 fully saturated rings. The third-order valence-corrected chi connectivity index (χ3v) is 10.7. The molecule has 1 aliphatic carbocycles. The number of H-pyrrole nitrogens is 1. The SMILES string of the molecule is C=C(/C=C(\C(N)=C(\c1[nH]c(-c2ccc(O)cc2)cc1-c1cc(C(F)(F)F)cc(C(F)(F)F)c1)C1C(C)=CC(C)=CC1(C)C)c1cc(C(F)(F)F)cc(C(F)(F)F)c1)c1ccc(O)cc1. The third-order valence-electron chi connectivity index (χ3n) is 10.7. The second-order valence-electron chi connectivity index (χ2n) is 16.1. The highest BCUT2D eigenvalue weighted by Crippen LogP contribution is 2.52. The Bertz CT molecular complexity index is 2670. The van der Waals surface area contributed by atoms with Gasteiger partial charge in [-0.25, -0.2) is 0 Å². The lowest BCUT2D eigenvalue weighted by atomic mass is 9.65. The van der Waals surface area contributed by atoms with E-state index in [9.17, 15) is 62.9 Å². The Balaban J connectivity index is 1.84. The zero-order chi connectivity index (χ0) is 47.5. The van der Waals surface area contributed by atoms with E-state index in [2.05, 4.69) is 11.6 Å². The van der Waals surface area contributed by atoms with Gasteiger partial charge in [0.25, 0.3) is 0 Å². The molecular weight excluding hydrogens is 865 g/mol. The van der Waals surface area contributed by atoms with Gasteiger partial charge in [-0.15, -0.1) is 0 Å². The number of nitrogens with two attached hydrogens (primary N) is 1. The maximum atomic E-state index is 14.5. The molecule has 1 aliphatic rings. The molecule has 0 amide bonds. The van der Waals surface area contributed by atoms with Crippen molar-refractivity contribution >= 4 is 16.7 Å².